The Balaban J connectivity index is 1.32. The summed E-state index contributed by atoms with van der Waals surface area (Å²) in [6.45, 7) is 2.39. The van der Waals surface area contributed by atoms with Crippen molar-refractivity contribution in [2.45, 2.75) is 44.4 Å². The number of fused-ring (bicyclic) bond motifs is 1. The third-order valence-electron chi connectivity index (χ3n) is 7.34. The molecule has 1 atom stereocenters. The second-order valence-corrected chi connectivity index (χ2v) is 9.91. The van der Waals surface area contributed by atoms with Gasteiger partial charge in [-0.15, -0.1) is 0 Å². The van der Waals surface area contributed by atoms with Crippen molar-refractivity contribution in [1.82, 2.24) is 19.9 Å². The van der Waals surface area contributed by atoms with Crippen molar-refractivity contribution in [3.05, 3.63) is 71.5 Å². The Bertz CT molecular complexity index is 1290. The molecule has 3 heterocycles. The largest absolute Gasteiger partial charge is 0.497 e. The molecule has 6 heteroatoms. The molecule has 1 fully saturated rings. The van der Waals surface area contributed by atoms with Gasteiger partial charge in [-0.05, 0) is 99.1 Å². The van der Waals surface area contributed by atoms with Gasteiger partial charge in [0.15, 0.2) is 5.65 Å². The fourth-order valence-corrected chi connectivity index (χ4v) is 5.20. The number of nitrogens with zero attached hydrogens (tertiary/aromatic N) is 3. The summed E-state index contributed by atoms with van der Waals surface area (Å²) in [5.74, 6) is 2.22. The molecule has 1 unspecified atom stereocenters. The smallest absolute Gasteiger partial charge is 0.156 e. The van der Waals surface area contributed by atoms with Gasteiger partial charge in [0, 0.05) is 11.8 Å². The second-order valence-electron chi connectivity index (χ2n) is 9.91. The first-order chi connectivity index (χ1) is 17.6. The van der Waals surface area contributed by atoms with Gasteiger partial charge in [0.1, 0.15) is 17.0 Å². The average molecular weight is 485 g/mol. The van der Waals surface area contributed by atoms with Gasteiger partial charge in [-0.25, -0.2) is 9.97 Å². The predicted molar refractivity (Wildman–Crippen MR) is 145 cm³/mol. The van der Waals surface area contributed by atoms with E-state index in [0.29, 0.717) is 5.92 Å². The molecule has 1 saturated heterocycles. The third-order valence-corrected chi connectivity index (χ3v) is 7.34. The molecule has 1 aliphatic rings. The van der Waals surface area contributed by atoms with Crippen LogP contribution in [-0.2, 0) is 12.8 Å². The van der Waals surface area contributed by atoms with Crippen LogP contribution in [0.4, 0.5) is 0 Å². The van der Waals surface area contributed by atoms with Crippen LogP contribution in [0.2, 0.25) is 0 Å². The zero-order valence-electron chi connectivity index (χ0n) is 21.6. The summed E-state index contributed by atoms with van der Waals surface area (Å²) in [4.78, 5) is 15.5. The summed E-state index contributed by atoms with van der Waals surface area (Å²) < 4.78 is 10.8. The lowest BCUT2D eigenvalue weighted by molar-refractivity contribution is 0.283. The van der Waals surface area contributed by atoms with Crippen LogP contribution in [0.5, 0.6) is 11.5 Å². The predicted octanol–water partition coefficient (Wildman–Crippen LogP) is 6.02. The Labute approximate surface area is 213 Å². The molecule has 188 valence electrons. The van der Waals surface area contributed by atoms with Crippen molar-refractivity contribution in [1.29, 1.82) is 0 Å². The number of aromatic nitrogens is 3. The first kappa shape index (κ1) is 24.3. The van der Waals surface area contributed by atoms with E-state index in [9.17, 15) is 0 Å². The van der Waals surface area contributed by atoms with Crippen LogP contribution in [0, 0.1) is 0 Å². The quantitative estimate of drug-likeness (QED) is 0.348. The summed E-state index contributed by atoms with van der Waals surface area (Å²) in [5.41, 5.74) is 7.58. The van der Waals surface area contributed by atoms with Crippen molar-refractivity contribution in [3.63, 3.8) is 0 Å². The normalized spacial score (nSPS) is 17.0. The Morgan fingerprint density at radius 1 is 0.944 bits per heavy atom. The van der Waals surface area contributed by atoms with Gasteiger partial charge in [0.05, 0.1) is 26.1 Å². The number of likely N-dealkylation sites (tertiary alicyclic amines) is 1. The van der Waals surface area contributed by atoms with Gasteiger partial charge >= 0.3 is 0 Å². The molecule has 0 bridgehead atoms. The van der Waals surface area contributed by atoms with Crippen molar-refractivity contribution < 1.29 is 9.47 Å². The zero-order chi connectivity index (χ0) is 24.9. The molecule has 5 rings (SSSR count). The minimum Gasteiger partial charge on any atom is -0.497 e. The maximum atomic E-state index is 5.40. The third kappa shape index (κ3) is 5.71. The van der Waals surface area contributed by atoms with Crippen LogP contribution in [-0.4, -0.2) is 54.2 Å². The lowest BCUT2D eigenvalue weighted by Gasteiger charge is -2.25. The van der Waals surface area contributed by atoms with Crippen LogP contribution in [0.15, 0.2) is 54.7 Å². The van der Waals surface area contributed by atoms with E-state index >= 15 is 0 Å². The molecular weight excluding hydrogens is 448 g/mol. The van der Waals surface area contributed by atoms with Crippen molar-refractivity contribution in [3.8, 4) is 22.8 Å². The van der Waals surface area contributed by atoms with Crippen LogP contribution in [0.25, 0.3) is 22.4 Å². The fourth-order valence-electron chi connectivity index (χ4n) is 5.20. The van der Waals surface area contributed by atoms with Gasteiger partial charge in [-0.3, -0.25) is 0 Å². The summed E-state index contributed by atoms with van der Waals surface area (Å²) in [5, 5.41) is 0. The Morgan fingerprint density at radius 3 is 2.58 bits per heavy atom. The molecule has 6 nitrogen and oxygen atoms in total. The number of hydrogen-bond acceptors (Lipinski definition) is 5. The maximum absolute atomic E-state index is 5.40. The number of hydrogen-bond donors (Lipinski definition) is 1. The molecule has 0 saturated carbocycles. The number of nitrogens with one attached hydrogen (secondary N) is 1. The minimum atomic E-state index is 0.621. The van der Waals surface area contributed by atoms with Crippen molar-refractivity contribution >= 4 is 11.2 Å². The monoisotopic (exact) mass is 484 g/mol. The first-order valence-electron chi connectivity index (χ1n) is 13.0. The van der Waals surface area contributed by atoms with Crippen molar-refractivity contribution in [2.24, 2.45) is 0 Å². The van der Waals surface area contributed by atoms with E-state index < -0.39 is 0 Å². The number of aryl methyl sites for hydroxylation is 2. The lowest BCUT2D eigenvalue weighted by Crippen LogP contribution is -2.24. The maximum Gasteiger partial charge on any atom is 0.156 e. The molecule has 0 amide bonds. The van der Waals surface area contributed by atoms with Crippen LogP contribution < -0.4 is 9.47 Å². The van der Waals surface area contributed by atoms with E-state index in [4.69, 9.17) is 14.5 Å². The Kier molecular flexibility index (Phi) is 7.52. The minimum absolute atomic E-state index is 0.621. The van der Waals surface area contributed by atoms with E-state index in [-0.39, 0.29) is 0 Å². The van der Waals surface area contributed by atoms with E-state index in [1.807, 2.05) is 24.4 Å². The Morgan fingerprint density at radius 2 is 1.78 bits per heavy atom. The summed E-state index contributed by atoms with van der Waals surface area (Å²) in [6, 6.07) is 17.1. The molecule has 0 radical (unpaired) electrons. The van der Waals surface area contributed by atoms with Crippen molar-refractivity contribution in [2.75, 3.05) is 34.4 Å². The van der Waals surface area contributed by atoms with Crippen LogP contribution in [0.3, 0.4) is 0 Å². The van der Waals surface area contributed by atoms with Gasteiger partial charge in [-0.2, -0.15) is 0 Å². The van der Waals surface area contributed by atoms with Gasteiger partial charge < -0.3 is 19.4 Å². The highest BCUT2D eigenvalue weighted by molar-refractivity contribution is 5.79. The van der Waals surface area contributed by atoms with E-state index in [1.54, 1.807) is 14.2 Å². The summed E-state index contributed by atoms with van der Waals surface area (Å²) in [7, 11) is 5.59. The molecule has 2 aromatic carbocycles. The highest BCUT2D eigenvalue weighted by Gasteiger charge is 2.16. The molecule has 1 N–H and O–H groups in total. The number of benzene rings is 2. The molecule has 36 heavy (non-hydrogen) atoms. The average Bonchev–Trinajstić information content (AvgIpc) is 3.33. The van der Waals surface area contributed by atoms with Gasteiger partial charge in [0.25, 0.3) is 0 Å². The van der Waals surface area contributed by atoms with Gasteiger partial charge in [0.2, 0.25) is 0 Å². The molecule has 0 spiro atoms. The highest BCUT2D eigenvalue weighted by atomic mass is 16.5. The SMILES string of the molecule is COc1cc(CCc2cnc3[nH]c(-c4cccc(C5CCCCN(C)CC5)c4)cc3n2)cc(OC)c1. The molecule has 4 aromatic rings. The molecular formula is C30H36N4O2. The zero-order valence-corrected chi connectivity index (χ0v) is 21.6. The number of ether oxygens (including phenoxy) is 2. The summed E-state index contributed by atoms with van der Waals surface area (Å²) >= 11 is 0. The van der Waals surface area contributed by atoms with E-state index in [2.05, 4.69) is 52.2 Å². The van der Waals surface area contributed by atoms with E-state index in [1.165, 1.54) is 49.9 Å². The second kappa shape index (κ2) is 11.1. The number of methoxy groups -OCH3 is 2. The first-order valence-corrected chi connectivity index (χ1v) is 13.0. The number of rotatable bonds is 7. The number of aromatic amines is 1. The van der Waals surface area contributed by atoms with Gasteiger partial charge in [-0.1, -0.05) is 24.6 Å². The highest BCUT2D eigenvalue weighted by Crippen LogP contribution is 2.31. The molecule has 0 aliphatic carbocycles. The Hall–Kier alpha value is -3.38. The molecule has 2 aromatic heterocycles. The topological polar surface area (TPSA) is 63.3 Å². The number of H-pyrrole nitrogens is 1. The van der Waals surface area contributed by atoms with E-state index in [0.717, 1.165) is 52.5 Å². The standard InChI is InChI=1S/C30H36N4O2/c1-34-13-5-4-7-22(12-14-34)23-8-6-9-24(17-23)28-19-29-30(33-28)31-20-25(32-29)11-10-21-15-26(35-2)18-27(16-21)36-3/h6,8-9,15-20,22H,4-5,7,10-14H2,1-3H3,(H,31,33). The lowest BCUT2D eigenvalue weighted by atomic mass is 9.88. The van der Waals surface area contributed by atoms with Crippen LogP contribution >= 0.6 is 0 Å². The fraction of sp³-hybridized carbons (Fsp3) is 0.400. The van der Waals surface area contributed by atoms with Crippen LogP contribution in [0.1, 0.15) is 48.4 Å². The molecule has 1 aliphatic heterocycles. The summed E-state index contributed by atoms with van der Waals surface area (Å²) in [6.07, 6.45) is 8.59.